The average Bonchev–Trinajstić information content (AvgIpc) is 2.59. The van der Waals surface area contributed by atoms with Crippen molar-refractivity contribution in [3.8, 4) is 0 Å². The van der Waals surface area contributed by atoms with E-state index >= 15 is 0 Å². The predicted octanol–water partition coefficient (Wildman–Crippen LogP) is 4.30. The van der Waals surface area contributed by atoms with E-state index in [9.17, 15) is 4.79 Å². The fourth-order valence-corrected chi connectivity index (χ4v) is 2.62. The zero-order valence-electron chi connectivity index (χ0n) is 13.2. The van der Waals surface area contributed by atoms with Gasteiger partial charge in [0.25, 0.3) is 5.91 Å². The van der Waals surface area contributed by atoms with Gasteiger partial charge >= 0.3 is 0 Å². The summed E-state index contributed by atoms with van der Waals surface area (Å²) in [5.74, 6) is -0.192. The summed E-state index contributed by atoms with van der Waals surface area (Å²) in [6.45, 7) is 3.82. The van der Waals surface area contributed by atoms with Crippen molar-refractivity contribution < 1.29 is 4.79 Å². The highest BCUT2D eigenvalue weighted by molar-refractivity contribution is 6.10. The monoisotopic (exact) mass is 302 g/mol. The Morgan fingerprint density at radius 1 is 0.870 bits per heavy atom. The van der Waals surface area contributed by atoms with Crippen LogP contribution in [0.25, 0.3) is 10.8 Å². The quantitative estimate of drug-likeness (QED) is 0.568. The molecular weight excluding hydrogens is 284 g/mol. The summed E-state index contributed by atoms with van der Waals surface area (Å²) in [5, 5.41) is 6.56. The topological polar surface area (TPSA) is 41.5 Å². The minimum atomic E-state index is -0.192. The molecule has 3 heteroatoms. The van der Waals surface area contributed by atoms with Crippen molar-refractivity contribution in [2.45, 2.75) is 13.8 Å². The first-order valence-corrected chi connectivity index (χ1v) is 7.55. The second-order valence-corrected chi connectivity index (χ2v) is 5.48. The third-order valence-corrected chi connectivity index (χ3v) is 3.89. The molecule has 0 saturated heterocycles. The minimum Gasteiger partial charge on any atom is -0.267 e. The number of hydrazone groups is 1. The van der Waals surface area contributed by atoms with Gasteiger partial charge in [-0.1, -0.05) is 60.7 Å². The van der Waals surface area contributed by atoms with Crippen LogP contribution >= 0.6 is 0 Å². The maximum atomic E-state index is 12.2. The van der Waals surface area contributed by atoms with Gasteiger partial charge in [0.15, 0.2) is 0 Å². The number of rotatable bonds is 3. The Hall–Kier alpha value is -2.94. The van der Waals surface area contributed by atoms with E-state index in [1.165, 1.54) is 0 Å². The Labute approximate surface area is 135 Å². The van der Waals surface area contributed by atoms with E-state index in [2.05, 4.69) is 28.7 Å². The predicted molar refractivity (Wildman–Crippen MR) is 94.8 cm³/mol. The van der Waals surface area contributed by atoms with Gasteiger partial charge in [-0.05, 0) is 36.2 Å². The molecule has 0 fully saturated rings. The summed E-state index contributed by atoms with van der Waals surface area (Å²) in [6, 6.07) is 21.7. The summed E-state index contributed by atoms with van der Waals surface area (Å²) in [5.41, 5.74) is 6.03. The number of hydrogen-bond acceptors (Lipinski definition) is 2. The van der Waals surface area contributed by atoms with Crippen LogP contribution in [-0.2, 0) is 0 Å². The average molecular weight is 302 g/mol. The van der Waals surface area contributed by atoms with Crippen LogP contribution in [0, 0.1) is 6.92 Å². The second kappa shape index (κ2) is 6.44. The second-order valence-electron chi connectivity index (χ2n) is 5.48. The van der Waals surface area contributed by atoms with E-state index in [4.69, 9.17) is 0 Å². The standard InChI is InChI=1S/C20H18N2O/c1-14-8-3-5-11-17(14)20(23)22-21-15(2)18-13-7-10-16-9-4-6-12-19(16)18/h3-13H,1-2H3,(H,22,23)/b21-15-. The van der Waals surface area contributed by atoms with Crippen molar-refractivity contribution in [2.75, 3.05) is 0 Å². The molecule has 0 radical (unpaired) electrons. The molecule has 1 amide bonds. The normalized spacial score (nSPS) is 11.5. The minimum absolute atomic E-state index is 0.192. The number of carbonyl (C=O) groups is 1. The highest BCUT2D eigenvalue weighted by Gasteiger charge is 2.08. The van der Waals surface area contributed by atoms with Crippen LogP contribution in [0.5, 0.6) is 0 Å². The van der Waals surface area contributed by atoms with E-state index in [1.807, 2.05) is 56.3 Å². The Morgan fingerprint density at radius 3 is 2.35 bits per heavy atom. The molecule has 0 heterocycles. The number of fused-ring (bicyclic) bond motifs is 1. The van der Waals surface area contributed by atoms with Gasteiger partial charge in [-0.2, -0.15) is 5.10 Å². The van der Waals surface area contributed by atoms with Crippen LogP contribution in [-0.4, -0.2) is 11.6 Å². The number of carbonyl (C=O) groups excluding carboxylic acids is 1. The van der Waals surface area contributed by atoms with Crippen LogP contribution in [0.1, 0.15) is 28.4 Å². The lowest BCUT2D eigenvalue weighted by molar-refractivity contribution is 0.0954. The lowest BCUT2D eigenvalue weighted by Crippen LogP contribution is -2.20. The van der Waals surface area contributed by atoms with Gasteiger partial charge < -0.3 is 0 Å². The molecule has 0 bridgehead atoms. The Kier molecular flexibility index (Phi) is 4.20. The SMILES string of the molecule is C/C(=N/NC(=O)c1ccccc1C)c1cccc2ccccc12. The maximum Gasteiger partial charge on any atom is 0.271 e. The largest absolute Gasteiger partial charge is 0.271 e. The molecule has 3 aromatic carbocycles. The van der Waals surface area contributed by atoms with Crippen molar-refractivity contribution in [3.05, 3.63) is 83.4 Å². The van der Waals surface area contributed by atoms with E-state index in [0.717, 1.165) is 27.6 Å². The van der Waals surface area contributed by atoms with Crippen LogP contribution in [0.3, 0.4) is 0 Å². The molecular formula is C20H18N2O. The Morgan fingerprint density at radius 2 is 1.52 bits per heavy atom. The van der Waals surface area contributed by atoms with Gasteiger partial charge in [0, 0.05) is 11.1 Å². The fourth-order valence-electron chi connectivity index (χ4n) is 2.62. The van der Waals surface area contributed by atoms with Gasteiger partial charge in [0.05, 0.1) is 5.71 Å². The van der Waals surface area contributed by atoms with Crippen LogP contribution in [0.15, 0.2) is 71.8 Å². The molecule has 0 aliphatic heterocycles. The summed E-state index contributed by atoms with van der Waals surface area (Å²) < 4.78 is 0. The van der Waals surface area contributed by atoms with Gasteiger partial charge in [-0.3, -0.25) is 4.79 Å². The molecule has 1 N–H and O–H groups in total. The first kappa shape index (κ1) is 15.0. The molecule has 3 nitrogen and oxygen atoms in total. The third kappa shape index (κ3) is 3.14. The van der Waals surface area contributed by atoms with E-state index < -0.39 is 0 Å². The molecule has 0 saturated carbocycles. The smallest absolute Gasteiger partial charge is 0.267 e. The number of hydrogen-bond donors (Lipinski definition) is 1. The molecule has 114 valence electrons. The van der Waals surface area contributed by atoms with Crippen LogP contribution < -0.4 is 5.43 Å². The first-order chi connectivity index (χ1) is 11.2. The highest BCUT2D eigenvalue weighted by Crippen LogP contribution is 2.19. The zero-order chi connectivity index (χ0) is 16.2. The number of nitrogens with zero attached hydrogens (tertiary/aromatic N) is 1. The van der Waals surface area contributed by atoms with Crippen molar-refractivity contribution >= 4 is 22.4 Å². The van der Waals surface area contributed by atoms with Crippen molar-refractivity contribution in [2.24, 2.45) is 5.10 Å². The molecule has 23 heavy (non-hydrogen) atoms. The van der Waals surface area contributed by atoms with E-state index in [0.29, 0.717) is 5.56 Å². The lowest BCUT2D eigenvalue weighted by atomic mass is 10.0. The first-order valence-electron chi connectivity index (χ1n) is 7.55. The molecule has 0 aliphatic carbocycles. The summed E-state index contributed by atoms with van der Waals surface area (Å²) in [6.07, 6.45) is 0. The highest BCUT2D eigenvalue weighted by atomic mass is 16.2. The summed E-state index contributed by atoms with van der Waals surface area (Å²) in [4.78, 5) is 12.2. The van der Waals surface area contributed by atoms with Gasteiger partial charge in [-0.15, -0.1) is 0 Å². The maximum absolute atomic E-state index is 12.2. The molecule has 0 aliphatic rings. The van der Waals surface area contributed by atoms with Gasteiger partial charge in [0.1, 0.15) is 0 Å². The molecule has 0 aromatic heterocycles. The molecule has 3 aromatic rings. The van der Waals surface area contributed by atoms with E-state index in [1.54, 1.807) is 6.07 Å². The number of aryl methyl sites for hydroxylation is 1. The number of amides is 1. The van der Waals surface area contributed by atoms with Gasteiger partial charge in [-0.25, -0.2) is 5.43 Å². The molecule has 0 atom stereocenters. The fraction of sp³-hybridized carbons (Fsp3) is 0.100. The Bertz CT molecular complexity index is 892. The van der Waals surface area contributed by atoms with Crippen molar-refractivity contribution in [3.63, 3.8) is 0 Å². The molecule has 3 rings (SSSR count). The van der Waals surface area contributed by atoms with Gasteiger partial charge in [0.2, 0.25) is 0 Å². The Balaban J connectivity index is 1.88. The third-order valence-electron chi connectivity index (χ3n) is 3.89. The lowest BCUT2D eigenvalue weighted by Gasteiger charge is -2.07. The van der Waals surface area contributed by atoms with Crippen molar-refractivity contribution in [1.82, 2.24) is 5.43 Å². The van der Waals surface area contributed by atoms with Crippen molar-refractivity contribution in [1.29, 1.82) is 0 Å². The van der Waals surface area contributed by atoms with Crippen LogP contribution in [0.2, 0.25) is 0 Å². The molecule has 0 spiro atoms. The summed E-state index contributed by atoms with van der Waals surface area (Å²) in [7, 11) is 0. The van der Waals surface area contributed by atoms with E-state index in [-0.39, 0.29) is 5.91 Å². The zero-order valence-corrected chi connectivity index (χ0v) is 13.2. The number of benzene rings is 3. The summed E-state index contributed by atoms with van der Waals surface area (Å²) >= 11 is 0. The number of nitrogens with one attached hydrogen (secondary N) is 1. The molecule has 0 unspecified atom stereocenters. The van der Waals surface area contributed by atoms with Crippen LogP contribution in [0.4, 0.5) is 0 Å².